The third-order valence-electron chi connectivity index (χ3n) is 4.26. The van der Waals surface area contributed by atoms with Crippen LogP contribution in [-0.2, 0) is 20.0 Å². The quantitative estimate of drug-likeness (QED) is 0.711. The van der Waals surface area contributed by atoms with Crippen LogP contribution in [0.4, 0.5) is 0 Å². The van der Waals surface area contributed by atoms with Crippen molar-refractivity contribution in [1.82, 2.24) is 20.1 Å². The topological polar surface area (TPSA) is 45.6 Å². The first kappa shape index (κ1) is 11.7. The molecule has 2 aromatic heterocycles. The van der Waals surface area contributed by atoms with E-state index in [2.05, 4.69) is 35.4 Å². The monoisotopic (exact) mass is 266 g/mol. The van der Waals surface area contributed by atoms with Crippen LogP contribution in [0, 0.1) is 6.92 Å². The highest BCUT2D eigenvalue weighted by atomic mass is 15.3. The second-order valence-electron chi connectivity index (χ2n) is 5.52. The molecule has 0 saturated carbocycles. The number of H-pyrrole nitrogens is 1. The van der Waals surface area contributed by atoms with E-state index in [9.17, 15) is 0 Å². The lowest BCUT2D eigenvalue weighted by molar-refractivity contribution is 0.633. The molecule has 3 aromatic rings. The van der Waals surface area contributed by atoms with E-state index < -0.39 is 0 Å². The van der Waals surface area contributed by atoms with Crippen molar-refractivity contribution in [1.29, 1.82) is 0 Å². The largest absolute Gasteiger partial charge is 0.361 e. The molecule has 4 heteroatoms. The average Bonchev–Trinajstić information content (AvgIpc) is 3.04. The van der Waals surface area contributed by atoms with E-state index in [0.29, 0.717) is 0 Å². The van der Waals surface area contributed by atoms with Gasteiger partial charge in [0.05, 0.1) is 11.4 Å². The van der Waals surface area contributed by atoms with Crippen LogP contribution in [-0.4, -0.2) is 21.3 Å². The van der Waals surface area contributed by atoms with Crippen molar-refractivity contribution in [2.45, 2.75) is 19.9 Å². The predicted molar refractivity (Wildman–Crippen MR) is 80.6 cm³/mol. The summed E-state index contributed by atoms with van der Waals surface area (Å²) < 4.78 is 2.04. The second-order valence-corrected chi connectivity index (χ2v) is 5.52. The van der Waals surface area contributed by atoms with E-state index >= 15 is 0 Å². The number of benzene rings is 1. The maximum Gasteiger partial charge on any atom is 0.0733 e. The fraction of sp³-hybridized carbons (Fsp3) is 0.312. The summed E-state index contributed by atoms with van der Waals surface area (Å²) in [6, 6.07) is 6.56. The molecule has 4 rings (SSSR count). The molecule has 4 nitrogen and oxygen atoms in total. The number of aromatic amines is 1. The Hall–Kier alpha value is -2.07. The first-order valence-corrected chi connectivity index (χ1v) is 7.08. The minimum absolute atomic E-state index is 0.915. The molecule has 0 aliphatic carbocycles. The first-order valence-electron chi connectivity index (χ1n) is 7.08. The Morgan fingerprint density at radius 2 is 2.15 bits per heavy atom. The standard InChI is InChI=1S/C16H18N4/c1-10-3-4-12(11-5-8-18-15(10)11)16-13-9-17-7-6-14(13)19-20(16)2/h3-5,8,17-18H,6-7,9H2,1-2H3. The van der Waals surface area contributed by atoms with Crippen LogP contribution in [0.3, 0.4) is 0 Å². The molecule has 0 fully saturated rings. The van der Waals surface area contributed by atoms with Gasteiger partial charge in [-0.05, 0) is 18.6 Å². The van der Waals surface area contributed by atoms with Crippen LogP contribution >= 0.6 is 0 Å². The number of nitrogens with one attached hydrogen (secondary N) is 2. The smallest absolute Gasteiger partial charge is 0.0733 e. The lowest BCUT2D eigenvalue weighted by Gasteiger charge is -2.14. The SMILES string of the molecule is Cc1ccc(-c2c3c(nn2C)CCNC3)c2cc[nH]c12. The minimum Gasteiger partial charge on any atom is -0.361 e. The Bertz CT molecular complexity index is 794. The van der Waals surface area contributed by atoms with Crippen molar-refractivity contribution in [3.8, 4) is 11.3 Å². The highest BCUT2D eigenvalue weighted by Gasteiger charge is 2.21. The zero-order chi connectivity index (χ0) is 13.7. The zero-order valence-corrected chi connectivity index (χ0v) is 11.8. The normalized spacial score (nSPS) is 14.7. The molecule has 1 aromatic carbocycles. The van der Waals surface area contributed by atoms with Gasteiger partial charge in [-0.25, -0.2) is 0 Å². The number of fused-ring (bicyclic) bond motifs is 2. The van der Waals surface area contributed by atoms with Gasteiger partial charge in [-0.2, -0.15) is 5.10 Å². The third-order valence-corrected chi connectivity index (χ3v) is 4.26. The summed E-state index contributed by atoms with van der Waals surface area (Å²) in [4.78, 5) is 3.34. The van der Waals surface area contributed by atoms with Gasteiger partial charge in [-0.3, -0.25) is 4.68 Å². The lowest BCUT2D eigenvalue weighted by atomic mass is 9.98. The minimum atomic E-state index is 0.915. The summed E-state index contributed by atoms with van der Waals surface area (Å²) >= 11 is 0. The molecule has 0 saturated heterocycles. The predicted octanol–water partition coefficient (Wildman–Crippen LogP) is 2.52. The van der Waals surface area contributed by atoms with Gasteiger partial charge in [0.2, 0.25) is 0 Å². The van der Waals surface area contributed by atoms with Crippen molar-refractivity contribution >= 4 is 10.9 Å². The lowest BCUT2D eigenvalue weighted by Crippen LogP contribution is -2.23. The molecule has 0 amide bonds. The van der Waals surface area contributed by atoms with Crippen molar-refractivity contribution in [2.24, 2.45) is 7.05 Å². The molecule has 1 aliphatic heterocycles. The summed E-state index contributed by atoms with van der Waals surface area (Å²) in [7, 11) is 2.05. The number of aryl methyl sites for hydroxylation is 2. The molecule has 0 spiro atoms. The zero-order valence-electron chi connectivity index (χ0n) is 11.8. The third kappa shape index (κ3) is 1.55. The van der Waals surface area contributed by atoms with Gasteiger partial charge in [0.1, 0.15) is 0 Å². The van der Waals surface area contributed by atoms with E-state index in [1.54, 1.807) is 0 Å². The van der Waals surface area contributed by atoms with Gasteiger partial charge >= 0.3 is 0 Å². The highest BCUT2D eigenvalue weighted by Crippen LogP contribution is 2.34. The van der Waals surface area contributed by atoms with E-state index in [1.807, 2.05) is 17.9 Å². The molecular weight excluding hydrogens is 248 g/mol. The van der Waals surface area contributed by atoms with Gasteiger partial charge < -0.3 is 10.3 Å². The van der Waals surface area contributed by atoms with Gasteiger partial charge in [-0.15, -0.1) is 0 Å². The van der Waals surface area contributed by atoms with Gasteiger partial charge in [0.15, 0.2) is 0 Å². The van der Waals surface area contributed by atoms with E-state index in [4.69, 9.17) is 5.10 Å². The molecule has 0 radical (unpaired) electrons. The molecule has 1 aliphatic rings. The van der Waals surface area contributed by atoms with Crippen LogP contribution in [0.2, 0.25) is 0 Å². The van der Waals surface area contributed by atoms with Crippen LogP contribution in [0.25, 0.3) is 22.2 Å². The summed E-state index contributed by atoms with van der Waals surface area (Å²) in [6.07, 6.45) is 3.04. The Labute approximate surface area is 117 Å². The van der Waals surface area contributed by atoms with E-state index in [1.165, 1.54) is 39.0 Å². The molecule has 20 heavy (non-hydrogen) atoms. The summed E-state index contributed by atoms with van der Waals surface area (Å²) in [5.41, 5.74) is 7.61. The van der Waals surface area contributed by atoms with Crippen LogP contribution in [0.5, 0.6) is 0 Å². The molecular formula is C16H18N4. The highest BCUT2D eigenvalue weighted by molar-refractivity contribution is 5.96. The van der Waals surface area contributed by atoms with Gasteiger partial charge in [0.25, 0.3) is 0 Å². The van der Waals surface area contributed by atoms with Gasteiger partial charge in [0, 0.05) is 54.8 Å². The number of hydrogen-bond donors (Lipinski definition) is 2. The van der Waals surface area contributed by atoms with E-state index in [0.717, 1.165) is 19.5 Å². The van der Waals surface area contributed by atoms with Crippen LogP contribution < -0.4 is 5.32 Å². The number of nitrogens with zero attached hydrogens (tertiary/aromatic N) is 2. The Balaban J connectivity index is 2.02. The van der Waals surface area contributed by atoms with Crippen LogP contribution in [0.1, 0.15) is 16.8 Å². The molecule has 102 valence electrons. The molecule has 2 N–H and O–H groups in total. The Morgan fingerprint density at radius 3 is 3.05 bits per heavy atom. The van der Waals surface area contributed by atoms with Crippen molar-refractivity contribution in [2.75, 3.05) is 6.54 Å². The number of rotatable bonds is 1. The maximum atomic E-state index is 4.71. The number of hydrogen-bond acceptors (Lipinski definition) is 2. The first-order chi connectivity index (χ1) is 9.75. The second kappa shape index (κ2) is 4.21. The van der Waals surface area contributed by atoms with Crippen LogP contribution in [0.15, 0.2) is 24.4 Å². The molecule has 3 heterocycles. The Morgan fingerprint density at radius 1 is 1.25 bits per heavy atom. The summed E-state index contributed by atoms with van der Waals surface area (Å²) in [5.74, 6) is 0. The maximum absolute atomic E-state index is 4.71. The fourth-order valence-electron chi connectivity index (χ4n) is 3.28. The van der Waals surface area contributed by atoms with Crippen molar-refractivity contribution in [3.63, 3.8) is 0 Å². The van der Waals surface area contributed by atoms with E-state index in [-0.39, 0.29) is 0 Å². The molecule has 0 bridgehead atoms. The molecule has 0 atom stereocenters. The number of aromatic nitrogens is 3. The summed E-state index contributed by atoms with van der Waals surface area (Å²) in [5, 5.41) is 9.44. The van der Waals surface area contributed by atoms with Crippen molar-refractivity contribution in [3.05, 3.63) is 41.2 Å². The fourth-order valence-corrected chi connectivity index (χ4v) is 3.28. The summed E-state index contributed by atoms with van der Waals surface area (Å²) in [6.45, 7) is 4.08. The Kier molecular flexibility index (Phi) is 2.47. The molecule has 0 unspecified atom stereocenters. The van der Waals surface area contributed by atoms with Gasteiger partial charge in [-0.1, -0.05) is 12.1 Å². The van der Waals surface area contributed by atoms with Crippen molar-refractivity contribution < 1.29 is 0 Å². The average molecular weight is 266 g/mol.